The summed E-state index contributed by atoms with van der Waals surface area (Å²) in [6.45, 7) is 0.405. The zero-order chi connectivity index (χ0) is 20.2. The molecule has 2 aromatic heterocycles. The monoisotopic (exact) mass is 426 g/mol. The molecular formula is C22H19ClN2O3S. The van der Waals surface area contributed by atoms with Gasteiger partial charge in [-0.05, 0) is 29.1 Å². The van der Waals surface area contributed by atoms with Crippen LogP contribution in [-0.4, -0.2) is 27.6 Å². The molecule has 0 spiro atoms. The van der Waals surface area contributed by atoms with Crippen LogP contribution in [0.2, 0.25) is 5.02 Å². The zero-order valence-corrected chi connectivity index (χ0v) is 17.1. The molecule has 0 aliphatic rings. The molecule has 0 aliphatic heterocycles. The van der Waals surface area contributed by atoms with Crippen LogP contribution in [0.5, 0.6) is 0 Å². The minimum atomic E-state index is -0.875. The van der Waals surface area contributed by atoms with Crippen molar-refractivity contribution in [3.63, 3.8) is 0 Å². The SMILES string of the molecule is O=c1c2ccccc2c(-c2cccs2)nn1CC(O)COCc1ccccc1Cl. The number of ether oxygens (including phenoxy) is 1. The molecule has 0 fully saturated rings. The summed E-state index contributed by atoms with van der Waals surface area (Å²) in [7, 11) is 0. The van der Waals surface area contributed by atoms with Crippen molar-refractivity contribution in [3.8, 4) is 10.6 Å². The Morgan fingerprint density at radius 2 is 1.83 bits per heavy atom. The molecule has 2 aromatic carbocycles. The zero-order valence-electron chi connectivity index (χ0n) is 15.5. The van der Waals surface area contributed by atoms with Crippen LogP contribution in [0.3, 0.4) is 0 Å². The quantitative estimate of drug-likeness (QED) is 0.477. The Kier molecular flexibility index (Phi) is 6.06. The lowest BCUT2D eigenvalue weighted by atomic mass is 10.1. The molecule has 1 unspecified atom stereocenters. The van der Waals surface area contributed by atoms with E-state index in [-0.39, 0.29) is 25.3 Å². The largest absolute Gasteiger partial charge is 0.389 e. The van der Waals surface area contributed by atoms with Crippen LogP contribution in [0, 0.1) is 0 Å². The van der Waals surface area contributed by atoms with E-state index in [0.717, 1.165) is 21.5 Å². The van der Waals surface area contributed by atoms with Crippen molar-refractivity contribution in [2.24, 2.45) is 0 Å². The summed E-state index contributed by atoms with van der Waals surface area (Å²) in [6, 6.07) is 18.7. The summed E-state index contributed by atoms with van der Waals surface area (Å²) in [5, 5.41) is 18.9. The molecule has 29 heavy (non-hydrogen) atoms. The highest BCUT2D eigenvalue weighted by Gasteiger charge is 2.15. The number of hydrogen-bond donors (Lipinski definition) is 1. The van der Waals surface area contributed by atoms with Crippen molar-refractivity contribution >= 4 is 33.7 Å². The van der Waals surface area contributed by atoms with Gasteiger partial charge in [0.2, 0.25) is 0 Å². The predicted molar refractivity (Wildman–Crippen MR) is 116 cm³/mol. The van der Waals surface area contributed by atoms with E-state index in [1.165, 1.54) is 4.68 Å². The highest BCUT2D eigenvalue weighted by molar-refractivity contribution is 7.13. The summed E-state index contributed by atoms with van der Waals surface area (Å²) in [4.78, 5) is 13.8. The van der Waals surface area contributed by atoms with Crippen LogP contribution in [0.4, 0.5) is 0 Å². The van der Waals surface area contributed by atoms with E-state index in [1.807, 2.05) is 53.9 Å². The second-order valence-corrected chi connectivity index (χ2v) is 7.97. The average molecular weight is 427 g/mol. The fraction of sp³-hybridized carbons (Fsp3) is 0.182. The van der Waals surface area contributed by atoms with Crippen LogP contribution < -0.4 is 5.56 Å². The first-order valence-electron chi connectivity index (χ1n) is 9.16. The van der Waals surface area contributed by atoms with Gasteiger partial charge in [-0.25, -0.2) is 4.68 Å². The molecule has 0 radical (unpaired) electrons. The first-order valence-corrected chi connectivity index (χ1v) is 10.4. The molecule has 0 saturated carbocycles. The molecule has 7 heteroatoms. The number of hydrogen-bond acceptors (Lipinski definition) is 5. The van der Waals surface area contributed by atoms with Crippen molar-refractivity contribution in [1.29, 1.82) is 0 Å². The highest BCUT2D eigenvalue weighted by atomic mass is 35.5. The number of thiophene rings is 1. The van der Waals surface area contributed by atoms with E-state index in [2.05, 4.69) is 5.10 Å². The molecule has 1 N–H and O–H groups in total. The number of benzene rings is 2. The van der Waals surface area contributed by atoms with Crippen LogP contribution in [0.15, 0.2) is 70.8 Å². The normalized spacial score (nSPS) is 12.3. The molecule has 0 amide bonds. The number of fused-ring (bicyclic) bond motifs is 1. The summed E-state index contributed by atoms with van der Waals surface area (Å²) in [5.41, 5.74) is 1.35. The number of halogens is 1. The molecule has 0 saturated heterocycles. The Labute approximate surface area is 176 Å². The molecular weight excluding hydrogens is 408 g/mol. The average Bonchev–Trinajstić information content (AvgIpc) is 3.26. The third-order valence-corrected chi connectivity index (χ3v) is 5.78. The lowest BCUT2D eigenvalue weighted by molar-refractivity contribution is 0.0182. The van der Waals surface area contributed by atoms with Gasteiger partial charge >= 0.3 is 0 Å². The van der Waals surface area contributed by atoms with Gasteiger partial charge in [0.15, 0.2) is 0 Å². The Bertz CT molecular complexity index is 1170. The molecule has 2 heterocycles. The van der Waals surface area contributed by atoms with E-state index < -0.39 is 6.10 Å². The molecule has 4 rings (SSSR count). The van der Waals surface area contributed by atoms with Gasteiger partial charge in [-0.1, -0.05) is 54.1 Å². The maximum absolute atomic E-state index is 12.9. The van der Waals surface area contributed by atoms with Gasteiger partial charge < -0.3 is 9.84 Å². The Balaban J connectivity index is 1.54. The van der Waals surface area contributed by atoms with Crippen LogP contribution in [-0.2, 0) is 17.9 Å². The number of nitrogens with zero attached hydrogens (tertiary/aromatic N) is 2. The van der Waals surface area contributed by atoms with Crippen molar-refractivity contribution in [3.05, 3.63) is 87.0 Å². The Morgan fingerprint density at radius 1 is 1.07 bits per heavy atom. The van der Waals surface area contributed by atoms with E-state index in [4.69, 9.17) is 16.3 Å². The summed E-state index contributed by atoms with van der Waals surface area (Å²) in [6.07, 6.45) is -0.875. The van der Waals surface area contributed by atoms with Crippen LogP contribution in [0.25, 0.3) is 21.3 Å². The lowest BCUT2D eigenvalue weighted by Crippen LogP contribution is -2.31. The Hall–Kier alpha value is -2.51. The number of aliphatic hydroxyl groups excluding tert-OH is 1. The molecule has 0 bridgehead atoms. The summed E-state index contributed by atoms with van der Waals surface area (Å²) < 4.78 is 6.91. The van der Waals surface area contributed by atoms with Crippen molar-refractivity contribution in [2.75, 3.05) is 6.61 Å². The van der Waals surface area contributed by atoms with Gasteiger partial charge in [-0.3, -0.25) is 4.79 Å². The van der Waals surface area contributed by atoms with Crippen molar-refractivity contribution in [1.82, 2.24) is 9.78 Å². The maximum Gasteiger partial charge on any atom is 0.274 e. The number of rotatable bonds is 7. The summed E-state index contributed by atoms with van der Waals surface area (Å²) in [5.74, 6) is 0. The fourth-order valence-corrected chi connectivity index (χ4v) is 4.04. The minimum absolute atomic E-state index is 0.0462. The van der Waals surface area contributed by atoms with Gasteiger partial charge in [-0.2, -0.15) is 5.10 Å². The highest BCUT2D eigenvalue weighted by Crippen LogP contribution is 2.28. The molecule has 0 aliphatic carbocycles. The predicted octanol–water partition coefficient (Wildman–Crippen LogP) is 4.36. The van der Waals surface area contributed by atoms with Gasteiger partial charge in [-0.15, -0.1) is 11.3 Å². The topological polar surface area (TPSA) is 64.4 Å². The van der Waals surface area contributed by atoms with E-state index in [9.17, 15) is 9.90 Å². The standard InChI is InChI=1S/C22H19ClN2O3S/c23-19-9-4-1-6-15(19)13-28-14-16(26)12-25-22(27)18-8-3-2-7-17(18)21(24-25)20-10-5-11-29-20/h1-11,16,26H,12-14H2. The van der Waals surface area contributed by atoms with Gasteiger partial charge in [0.05, 0.1) is 36.1 Å². The summed E-state index contributed by atoms with van der Waals surface area (Å²) >= 11 is 7.67. The number of aromatic nitrogens is 2. The van der Waals surface area contributed by atoms with Gasteiger partial charge in [0.1, 0.15) is 5.69 Å². The van der Waals surface area contributed by atoms with Crippen LogP contribution in [0.1, 0.15) is 5.56 Å². The third-order valence-electron chi connectivity index (χ3n) is 4.53. The van der Waals surface area contributed by atoms with Gasteiger partial charge in [0, 0.05) is 10.4 Å². The first kappa shape index (κ1) is 19.8. The second kappa shape index (κ2) is 8.88. The van der Waals surface area contributed by atoms with Crippen molar-refractivity contribution < 1.29 is 9.84 Å². The molecule has 5 nitrogen and oxygen atoms in total. The van der Waals surface area contributed by atoms with Gasteiger partial charge in [0.25, 0.3) is 5.56 Å². The smallest absolute Gasteiger partial charge is 0.274 e. The molecule has 148 valence electrons. The number of aliphatic hydroxyl groups is 1. The molecule has 4 aromatic rings. The second-order valence-electron chi connectivity index (χ2n) is 6.62. The maximum atomic E-state index is 12.9. The van der Waals surface area contributed by atoms with Crippen LogP contribution >= 0.6 is 22.9 Å². The van der Waals surface area contributed by atoms with E-state index in [0.29, 0.717) is 10.4 Å². The molecule has 1 atom stereocenters. The van der Waals surface area contributed by atoms with E-state index in [1.54, 1.807) is 23.5 Å². The third kappa shape index (κ3) is 4.41. The Morgan fingerprint density at radius 3 is 2.59 bits per heavy atom. The van der Waals surface area contributed by atoms with E-state index >= 15 is 0 Å². The minimum Gasteiger partial charge on any atom is -0.389 e. The fourth-order valence-electron chi connectivity index (χ4n) is 3.13. The first-order chi connectivity index (χ1) is 14.1. The lowest BCUT2D eigenvalue weighted by Gasteiger charge is -2.15. The van der Waals surface area contributed by atoms with Crippen molar-refractivity contribution in [2.45, 2.75) is 19.3 Å².